The first kappa shape index (κ1) is 10.8. The molecule has 0 atom stereocenters. The maximum atomic E-state index is 10.8. The summed E-state index contributed by atoms with van der Waals surface area (Å²) in [5, 5.41) is 9.27. The maximum absolute atomic E-state index is 10.8. The van der Waals surface area contributed by atoms with Crippen LogP contribution in [-0.4, -0.2) is 32.1 Å². The van der Waals surface area contributed by atoms with Crippen molar-refractivity contribution in [1.29, 1.82) is 0 Å². The Bertz CT molecular complexity index is 397. The zero-order chi connectivity index (χ0) is 10.6. The quantitative estimate of drug-likeness (QED) is 0.809. The first-order chi connectivity index (χ1) is 6.49. The van der Waals surface area contributed by atoms with Crippen molar-refractivity contribution in [3.8, 4) is 11.5 Å². The summed E-state index contributed by atoms with van der Waals surface area (Å²) in [4.78, 5) is 0. The van der Waals surface area contributed by atoms with Gasteiger partial charge in [-0.15, -0.1) is 0 Å². The van der Waals surface area contributed by atoms with E-state index in [1.54, 1.807) is 18.2 Å². The van der Waals surface area contributed by atoms with Crippen LogP contribution in [0.25, 0.3) is 0 Å². The molecule has 0 saturated heterocycles. The van der Waals surface area contributed by atoms with E-state index in [2.05, 4.69) is 0 Å². The lowest BCUT2D eigenvalue weighted by molar-refractivity contribution is 0.319. The highest BCUT2D eigenvalue weighted by atomic mass is 32.2. The molecule has 0 unspecified atom stereocenters. The first-order valence-electron chi connectivity index (χ1n) is 4.07. The lowest BCUT2D eigenvalue weighted by atomic mass is 10.3. The number of aromatic hydroxyl groups is 1. The van der Waals surface area contributed by atoms with Crippen LogP contribution >= 0.6 is 0 Å². The lowest BCUT2D eigenvalue weighted by Gasteiger charge is -2.06. The number of phenols is 1. The molecule has 0 heterocycles. The number of phenolic OH excluding ortho intramolecular Hbond substituents is 1. The Morgan fingerprint density at radius 2 is 2.00 bits per heavy atom. The van der Waals surface area contributed by atoms with Gasteiger partial charge in [-0.25, -0.2) is 8.42 Å². The molecule has 0 radical (unpaired) electrons. The molecule has 1 rings (SSSR count). The topological polar surface area (TPSA) is 63.6 Å². The van der Waals surface area contributed by atoms with Crippen LogP contribution in [0.3, 0.4) is 0 Å². The Morgan fingerprint density at radius 1 is 1.36 bits per heavy atom. The van der Waals surface area contributed by atoms with Gasteiger partial charge < -0.3 is 9.84 Å². The van der Waals surface area contributed by atoms with Crippen molar-refractivity contribution in [2.75, 3.05) is 18.6 Å². The molecular formula is C9H12O4S. The Hall–Kier alpha value is -1.23. The van der Waals surface area contributed by atoms with Crippen LogP contribution in [0.5, 0.6) is 11.5 Å². The van der Waals surface area contributed by atoms with E-state index < -0.39 is 9.84 Å². The fourth-order valence-electron chi connectivity index (χ4n) is 0.882. The summed E-state index contributed by atoms with van der Waals surface area (Å²) in [7, 11) is -3.01. The van der Waals surface area contributed by atoms with Crippen molar-refractivity contribution >= 4 is 9.84 Å². The largest absolute Gasteiger partial charge is 0.504 e. The molecule has 0 aliphatic carbocycles. The predicted octanol–water partition coefficient (Wildman–Crippen LogP) is 0.816. The van der Waals surface area contributed by atoms with Crippen LogP contribution in [-0.2, 0) is 9.84 Å². The van der Waals surface area contributed by atoms with E-state index in [1.165, 1.54) is 6.07 Å². The molecule has 5 heteroatoms. The number of ether oxygens (including phenoxy) is 1. The minimum absolute atomic E-state index is 0.0148. The molecule has 4 nitrogen and oxygen atoms in total. The highest BCUT2D eigenvalue weighted by molar-refractivity contribution is 7.90. The fraction of sp³-hybridized carbons (Fsp3) is 0.333. The predicted molar refractivity (Wildman–Crippen MR) is 53.3 cm³/mol. The van der Waals surface area contributed by atoms with Gasteiger partial charge in [-0.1, -0.05) is 12.1 Å². The Kier molecular flexibility index (Phi) is 3.35. The van der Waals surface area contributed by atoms with E-state index in [-0.39, 0.29) is 18.1 Å². The second-order valence-electron chi connectivity index (χ2n) is 2.95. The van der Waals surface area contributed by atoms with Gasteiger partial charge in [-0.2, -0.15) is 0 Å². The van der Waals surface area contributed by atoms with Gasteiger partial charge in [0.15, 0.2) is 21.3 Å². The molecule has 0 spiro atoms. The first-order valence-corrected chi connectivity index (χ1v) is 6.13. The maximum Gasteiger partial charge on any atom is 0.160 e. The molecule has 0 bridgehead atoms. The van der Waals surface area contributed by atoms with Crippen LogP contribution < -0.4 is 4.74 Å². The second-order valence-corrected chi connectivity index (χ2v) is 5.21. The molecule has 1 N–H and O–H groups in total. The minimum Gasteiger partial charge on any atom is -0.504 e. The molecule has 0 aliphatic rings. The summed E-state index contributed by atoms with van der Waals surface area (Å²) in [6.45, 7) is 0.0520. The standard InChI is InChI=1S/C9H12O4S/c1-14(11,12)7-6-13-9-5-3-2-4-8(9)10/h2-5,10H,6-7H2,1H3. The van der Waals surface area contributed by atoms with E-state index in [4.69, 9.17) is 4.74 Å². The smallest absolute Gasteiger partial charge is 0.160 e. The normalized spacial score (nSPS) is 11.2. The fourth-order valence-corrected chi connectivity index (χ4v) is 1.27. The second kappa shape index (κ2) is 4.32. The van der Waals surface area contributed by atoms with Gasteiger partial charge in [-0.3, -0.25) is 0 Å². The average Bonchev–Trinajstić information content (AvgIpc) is 2.06. The van der Waals surface area contributed by atoms with E-state index in [0.717, 1.165) is 6.26 Å². The van der Waals surface area contributed by atoms with Crippen molar-refractivity contribution in [2.24, 2.45) is 0 Å². The zero-order valence-corrected chi connectivity index (χ0v) is 8.62. The van der Waals surface area contributed by atoms with Gasteiger partial charge in [0.2, 0.25) is 0 Å². The summed E-state index contributed by atoms with van der Waals surface area (Å²) in [6.07, 6.45) is 1.14. The third-order valence-corrected chi connectivity index (χ3v) is 2.49. The van der Waals surface area contributed by atoms with E-state index in [1.807, 2.05) is 0 Å². The van der Waals surface area contributed by atoms with Crippen LogP contribution in [0, 0.1) is 0 Å². The molecule has 1 aromatic rings. The highest BCUT2D eigenvalue weighted by Gasteiger charge is 2.04. The summed E-state index contributed by atoms with van der Waals surface area (Å²) < 4.78 is 26.6. The van der Waals surface area contributed by atoms with Gasteiger partial charge in [0.25, 0.3) is 0 Å². The third-order valence-electron chi connectivity index (χ3n) is 1.58. The van der Waals surface area contributed by atoms with Crippen molar-refractivity contribution in [2.45, 2.75) is 0 Å². The number of hydrogen-bond acceptors (Lipinski definition) is 4. The SMILES string of the molecule is CS(=O)(=O)CCOc1ccccc1O. The van der Waals surface area contributed by atoms with Crippen molar-refractivity contribution in [1.82, 2.24) is 0 Å². The lowest BCUT2D eigenvalue weighted by Crippen LogP contribution is -2.11. The molecule has 0 aromatic heterocycles. The number of para-hydroxylation sites is 2. The monoisotopic (exact) mass is 216 g/mol. The van der Waals surface area contributed by atoms with Gasteiger partial charge in [0.1, 0.15) is 6.61 Å². The van der Waals surface area contributed by atoms with Crippen LogP contribution in [0.4, 0.5) is 0 Å². The molecule has 0 amide bonds. The number of sulfone groups is 1. The van der Waals surface area contributed by atoms with Gasteiger partial charge in [0, 0.05) is 6.26 Å². The Balaban J connectivity index is 2.51. The van der Waals surface area contributed by atoms with Crippen molar-refractivity contribution < 1.29 is 18.3 Å². The third kappa shape index (κ3) is 3.66. The van der Waals surface area contributed by atoms with Gasteiger partial charge in [0.05, 0.1) is 5.75 Å². The molecule has 78 valence electrons. The summed E-state index contributed by atoms with van der Waals surface area (Å²) in [6, 6.07) is 6.43. The number of benzene rings is 1. The number of rotatable bonds is 4. The van der Waals surface area contributed by atoms with Gasteiger partial charge >= 0.3 is 0 Å². The molecular weight excluding hydrogens is 204 g/mol. The molecule has 14 heavy (non-hydrogen) atoms. The van der Waals surface area contributed by atoms with Gasteiger partial charge in [-0.05, 0) is 12.1 Å². The van der Waals surface area contributed by atoms with Crippen LogP contribution in [0.1, 0.15) is 0 Å². The molecule has 1 aromatic carbocycles. The van der Waals surface area contributed by atoms with E-state index in [9.17, 15) is 13.5 Å². The van der Waals surface area contributed by atoms with Crippen LogP contribution in [0.2, 0.25) is 0 Å². The highest BCUT2D eigenvalue weighted by Crippen LogP contribution is 2.23. The summed E-state index contributed by atoms with van der Waals surface area (Å²) in [5.41, 5.74) is 0. The average molecular weight is 216 g/mol. The summed E-state index contributed by atoms with van der Waals surface area (Å²) >= 11 is 0. The Labute approximate surface area is 83.1 Å². The van der Waals surface area contributed by atoms with E-state index in [0.29, 0.717) is 5.75 Å². The van der Waals surface area contributed by atoms with Crippen molar-refractivity contribution in [3.05, 3.63) is 24.3 Å². The molecule has 0 aliphatic heterocycles. The Morgan fingerprint density at radius 3 is 2.57 bits per heavy atom. The van der Waals surface area contributed by atoms with E-state index >= 15 is 0 Å². The number of hydrogen-bond donors (Lipinski definition) is 1. The van der Waals surface area contributed by atoms with Crippen molar-refractivity contribution in [3.63, 3.8) is 0 Å². The molecule has 0 saturated carbocycles. The zero-order valence-electron chi connectivity index (χ0n) is 7.80. The molecule has 0 fully saturated rings. The van der Waals surface area contributed by atoms with Crippen LogP contribution in [0.15, 0.2) is 24.3 Å². The minimum atomic E-state index is -3.01. The summed E-state index contributed by atoms with van der Waals surface area (Å²) in [5.74, 6) is 0.263.